The van der Waals surface area contributed by atoms with Gasteiger partial charge in [-0.25, -0.2) is 4.98 Å². The zero-order valence-corrected chi connectivity index (χ0v) is 11.8. The molecule has 0 aliphatic heterocycles. The molecule has 2 N–H and O–H groups in total. The Morgan fingerprint density at radius 3 is 2.65 bits per heavy atom. The van der Waals surface area contributed by atoms with E-state index in [2.05, 4.69) is 4.98 Å². The van der Waals surface area contributed by atoms with E-state index in [1.54, 1.807) is 23.5 Å². The van der Waals surface area contributed by atoms with Gasteiger partial charge in [-0.3, -0.25) is 0 Å². The van der Waals surface area contributed by atoms with E-state index in [1.165, 1.54) is 0 Å². The zero-order valence-electron chi connectivity index (χ0n) is 9.50. The predicted octanol–water partition coefficient (Wildman–Crippen LogP) is 4.45. The van der Waals surface area contributed by atoms with Crippen molar-refractivity contribution in [1.82, 2.24) is 4.98 Å². The highest BCUT2D eigenvalue weighted by Gasteiger charge is 2.14. The lowest BCUT2D eigenvalue weighted by Gasteiger charge is -2.01. The number of nitrogens with two attached hydrogens (primary N) is 1. The molecule has 1 aromatic heterocycles. The number of hydrogen-bond donors (Lipinski definition) is 1. The summed E-state index contributed by atoms with van der Waals surface area (Å²) in [5, 5.41) is 2.17. The van der Waals surface area contributed by atoms with Gasteiger partial charge in [0.25, 0.3) is 0 Å². The van der Waals surface area contributed by atoms with Crippen molar-refractivity contribution in [3.63, 3.8) is 0 Å². The van der Waals surface area contributed by atoms with Gasteiger partial charge in [-0.05, 0) is 32.0 Å². The molecule has 0 bridgehead atoms. The Kier molecular flexibility index (Phi) is 3.73. The number of hydrogen-bond acceptors (Lipinski definition) is 3. The van der Waals surface area contributed by atoms with Gasteiger partial charge in [0.05, 0.1) is 10.7 Å². The molecule has 0 fully saturated rings. The van der Waals surface area contributed by atoms with Gasteiger partial charge in [-0.15, -0.1) is 11.3 Å². The summed E-state index contributed by atoms with van der Waals surface area (Å²) in [6, 6.07) is 5.36. The van der Waals surface area contributed by atoms with E-state index in [1.807, 2.05) is 19.9 Å². The molecule has 0 radical (unpaired) electrons. The second-order valence-electron chi connectivity index (χ2n) is 3.88. The molecule has 2 nitrogen and oxygen atoms in total. The van der Waals surface area contributed by atoms with Crippen molar-refractivity contribution >= 4 is 34.5 Å². The average Bonchev–Trinajstić information content (AvgIpc) is 2.64. The summed E-state index contributed by atoms with van der Waals surface area (Å²) in [6.45, 7) is 3.90. The monoisotopic (exact) mass is 286 g/mol. The van der Waals surface area contributed by atoms with Crippen LogP contribution in [0.4, 0.5) is 0 Å². The van der Waals surface area contributed by atoms with E-state index in [9.17, 15) is 0 Å². The molecule has 1 atom stereocenters. The summed E-state index contributed by atoms with van der Waals surface area (Å²) in [6.07, 6.45) is 0. The first kappa shape index (κ1) is 12.8. The summed E-state index contributed by atoms with van der Waals surface area (Å²) >= 11 is 13.7. The Hall–Kier alpha value is -0.610. The van der Waals surface area contributed by atoms with Crippen molar-refractivity contribution in [3.05, 3.63) is 38.8 Å². The molecule has 2 rings (SSSR count). The minimum Gasteiger partial charge on any atom is -0.323 e. The minimum atomic E-state index is -0.0146. The molecule has 17 heavy (non-hydrogen) atoms. The van der Waals surface area contributed by atoms with Crippen LogP contribution in [0.15, 0.2) is 18.2 Å². The van der Waals surface area contributed by atoms with Crippen molar-refractivity contribution in [1.29, 1.82) is 0 Å². The molecule has 0 saturated carbocycles. The first-order chi connectivity index (χ1) is 7.99. The van der Waals surface area contributed by atoms with Gasteiger partial charge in [0, 0.05) is 21.5 Å². The Morgan fingerprint density at radius 1 is 1.35 bits per heavy atom. The van der Waals surface area contributed by atoms with Gasteiger partial charge in [0.15, 0.2) is 0 Å². The van der Waals surface area contributed by atoms with E-state index >= 15 is 0 Å². The highest BCUT2D eigenvalue weighted by atomic mass is 35.5. The molecular weight excluding hydrogens is 275 g/mol. The minimum absolute atomic E-state index is 0.0146. The summed E-state index contributed by atoms with van der Waals surface area (Å²) in [5.74, 6) is 0. The van der Waals surface area contributed by atoms with E-state index in [-0.39, 0.29) is 6.04 Å². The fourth-order valence-electron chi connectivity index (χ4n) is 1.61. The number of halogens is 2. The van der Waals surface area contributed by atoms with Crippen molar-refractivity contribution in [2.24, 2.45) is 5.73 Å². The lowest BCUT2D eigenvalue weighted by molar-refractivity contribution is 0.825. The third kappa shape index (κ3) is 2.63. The van der Waals surface area contributed by atoms with Crippen LogP contribution in [0.1, 0.15) is 23.5 Å². The molecule has 5 heteroatoms. The first-order valence-corrected chi connectivity index (χ1v) is 6.74. The Bertz CT molecular complexity index is 549. The molecule has 90 valence electrons. The van der Waals surface area contributed by atoms with Crippen LogP contribution in [0.25, 0.3) is 10.6 Å². The fraction of sp³-hybridized carbons (Fsp3) is 0.250. The van der Waals surface area contributed by atoms with Crippen LogP contribution < -0.4 is 5.73 Å². The normalized spacial score (nSPS) is 12.8. The van der Waals surface area contributed by atoms with Gasteiger partial charge < -0.3 is 5.73 Å². The second kappa shape index (κ2) is 4.94. The highest BCUT2D eigenvalue weighted by molar-refractivity contribution is 7.15. The number of nitrogens with zero attached hydrogens (tertiary/aromatic N) is 1. The predicted molar refractivity (Wildman–Crippen MR) is 74.9 cm³/mol. The maximum atomic E-state index is 6.15. The quantitative estimate of drug-likeness (QED) is 0.886. The van der Waals surface area contributed by atoms with Crippen molar-refractivity contribution in [3.8, 4) is 10.6 Å². The van der Waals surface area contributed by atoms with E-state index in [0.29, 0.717) is 10.0 Å². The van der Waals surface area contributed by atoms with Gasteiger partial charge in [-0.1, -0.05) is 23.2 Å². The van der Waals surface area contributed by atoms with Gasteiger partial charge in [-0.2, -0.15) is 0 Å². The largest absolute Gasteiger partial charge is 0.323 e. The maximum Gasteiger partial charge on any atom is 0.125 e. The molecule has 2 aromatic rings. The second-order valence-corrected chi connectivity index (χ2v) is 5.76. The number of aromatic nitrogens is 1. The Morgan fingerprint density at radius 2 is 2.06 bits per heavy atom. The lowest BCUT2D eigenvalue weighted by Crippen LogP contribution is -2.03. The van der Waals surface area contributed by atoms with Crippen molar-refractivity contribution < 1.29 is 0 Å². The van der Waals surface area contributed by atoms with Gasteiger partial charge >= 0.3 is 0 Å². The molecule has 0 aliphatic carbocycles. The SMILES string of the molecule is Cc1nc(-c2cc(Cl)ccc2Cl)sc1C(C)N. The summed E-state index contributed by atoms with van der Waals surface area (Å²) in [4.78, 5) is 5.58. The smallest absolute Gasteiger partial charge is 0.125 e. The molecule has 0 spiro atoms. The number of aryl methyl sites for hydroxylation is 1. The van der Waals surface area contributed by atoms with Crippen molar-refractivity contribution in [2.45, 2.75) is 19.9 Å². The molecule has 1 heterocycles. The van der Waals surface area contributed by atoms with Crippen LogP contribution in [-0.4, -0.2) is 4.98 Å². The van der Waals surface area contributed by atoms with Crippen LogP contribution >= 0.6 is 34.5 Å². The molecule has 1 aromatic carbocycles. The standard InChI is InChI=1S/C12H12Cl2N2S/c1-6(15)11-7(2)16-12(17-11)9-5-8(13)3-4-10(9)14/h3-6H,15H2,1-2H3. The number of rotatable bonds is 2. The highest BCUT2D eigenvalue weighted by Crippen LogP contribution is 2.36. The van der Waals surface area contributed by atoms with Crippen LogP contribution in [0.5, 0.6) is 0 Å². The van der Waals surface area contributed by atoms with Crippen LogP contribution in [0, 0.1) is 6.92 Å². The third-order valence-corrected chi connectivity index (χ3v) is 4.36. The van der Waals surface area contributed by atoms with Gasteiger partial charge in [0.1, 0.15) is 5.01 Å². The molecule has 0 saturated heterocycles. The first-order valence-electron chi connectivity index (χ1n) is 5.17. The molecule has 0 aliphatic rings. The van der Waals surface area contributed by atoms with Crippen LogP contribution in [0.2, 0.25) is 10.0 Å². The zero-order chi connectivity index (χ0) is 12.6. The Balaban J connectivity index is 2.53. The van der Waals surface area contributed by atoms with E-state index < -0.39 is 0 Å². The summed E-state index contributed by atoms with van der Waals surface area (Å²) in [7, 11) is 0. The van der Waals surface area contributed by atoms with Gasteiger partial charge in [0.2, 0.25) is 0 Å². The van der Waals surface area contributed by atoms with E-state index in [0.717, 1.165) is 21.1 Å². The third-order valence-electron chi connectivity index (χ3n) is 2.40. The van der Waals surface area contributed by atoms with Crippen LogP contribution in [-0.2, 0) is 0 Å². The number of thiazole rings is 1. The molecular formula is C12H12Cl2N2S. The number of benzene rings is 1. The topological polar surface area (TPSA) is 38.9 Å². The summed E-state index contributed by atoms with van der Waals surface area (Å²) in [5.41, 5.74) is 7.70. The van der Waals surface area contributed by atoms with E-state index in [4.69, 9.17) is 28.9 Å². The molecule has 0 amide bonds. The summed E-state index contributed by atoms with van der Waals surface area (Å²) < 4.78 is 0. The molecule has 1 unspecified atom stereocenters. The fourth-order valence-corrected chi connectivity index (χ4v) is 3.09. The average molecular weight is 287 g/mol. The Labute approximate surface area is 114 Å². The lowest BCUT2D eigenvalue weighted by atomic mass is 10.2. The van der Waals surface area contributed by atoms with Crippen LogP contribution in [0.3, 0.4) is 0 Å². The maximum absolute atomic E-state index is 6.15. The van der Waals surface area contributed by atoms with Crippen molar-refractivity contribution in [2.75, 3.05) is 0 Å².